The molecule has 0 radical (unpaired) electrons. The predicted molar refractivity (Wildman–Crippen MR) is 68.0 cm³/mol. The van der Waals surface area contributed by atoms with E-state index >= 15 is 0 Å². The summed E-state index contributed by atoms with van der Waals surface area (Å²) in [4.78, 5) is 4.54. The number of fused-ring (bicyclic) bond motifs is 1. The molecule has 2 heterocycles. The van der Waals surface area contributed by atoms with Crippen LogP contribution < -0.4 is 0 Å². The van der Waals surface area contributed by atoms with Gasteiger partial charge >= 0.3 is 0 Å². The van der Waals surface area contributed by atoms with Crippen molar-refractivity contribution in [1.82, 2.24) is 9.55 Å². The number of rotatable bonds is 3. The fourth-order valence-electron chi connectivity index (χ4n) is 2.52. The van der Waals surface area contributed by atoms with Crippen molar-refractivity contribution in [3.63, 3.8) is 0 Å². The van der Waals surface area contributed by atoms with Gasteiger partial charge in [-0.1, -0.05) is 12.1 Å². The Bertz CT molecular complexity index is 591. The minimum Gasteiger partial charge on any atom is -0.381 e. The first-order valence-electron chi connectivity index (χ1n) is 6.27. The minimum atomic E-state index is 0.363. The lowest BCUT2D eigenvalue weighted by atomic mass is 10.1. The van der Waals surface area contributed by atoms with E-state index in [-0.39, 0.29) is 0 Å². The second-order valence-electron chi connectivity index (χ2n) is 4.69. The third kappa shape index (κ3) is 1.98. The highest BCUT2D eigenvalue weighted by Crippen LogP contribution is 2.21. The Morgan fingerprint density at radius 3 is 3.11 bits per heavy atom. The van der Waals surface area contributed by atoms with Gasteiger partial charge in [0, 0.05) is 19.1 Å². The molecule has 1 aromatic heterocycles. The number of imidazole rings is 1. The summed E-state index contributed by atoms with van der Waals surface area (Å²) < 4.78 is 7.60. The minimum absolute atomic E-state index is 0.363. The summed E-state index contributed by atoms with van der Waals surface area (Å²) in [5.41, 5.74) is 2.09. The summed E-state index contributed by atoms with van der Waals surface area (Å²) in [6.07, 6.45) is 1.46. The van der Waals surface area contributed by atoms with Crippen molar-refractivity contribution in [1.29, 1.82) is 5.26 Å². The Kier molecular flexibility index (Phi) is 2.99. The predicted octanol–water partition coefficient (Wildman–Crippen LogP) is 2.14. The smallest absolute Gasteiger partial charge is 0.124 e. The third-order valence-electron chi connectivity index (χ3n) is 3.44. The van der Waals surface area contributed by atoms with E-state index in [1.165, 1.54) is 0 Å². The normalized spacial score (nSPS) is 19.2. The Balaban J connectivity index is 2.00. The van der Waals surface area contributed by atoms with Gasteiger partial charge in [0.15, 0.2) is 0 Å². The molecular formula is C14H15N3O. The van der Waals surface area contributed by atoms with E-state index in [1.807, 2.05) is 18.2 Å². The highest BCUT2D eigenvalue weighted by atomic mass is 16.5. The van der Waals surface area contributed by atoms with E-state index in [2.05, 4.69) is 21.7 Å². The highest BCUT2D eigenvalue weighted by Gasteiger charge is 2.19. The summed E-state index contributed by atoms with van der Waals surface area (Å²) in [7, 11) is 0. The van der Waals surface area contributed by atoms with E-state index < -0.39 is 0 Å². The average Bonchev–Trinajstić information content (AvgIpc) is 3.00. The van der Waals surface area contributed by atoms with Crippen LogP contribution in [0.5, 0.6) is 0 Å². The van der Waals surface area contributed by atoms with Crippen LogP contribution in [-0.4, -0.2) is 22.8 Å². The molecule has 3 rings (SSSR count). The van der Waals surface area contributed by atoms with Gasteiger partial charge in [-0.05, 0) is 18.6 Å². The molecule has 0 saturated carbocycles. The SMILES string of the molecule is N#CCc1nc2ccccc2n1CC1CCOC1. The largest absolute Gasteiger partial charge is 0.381 e. The molecule has 2 aromatic rings. The number of benzene rings is 1. The molecule has 1 aliphatic heterocycles. The van der Waals surface area contributed by atoms with E-state index in [9.17, 15) is 0 Å². The van der Waals surface area contributed by atoms with Crippen molar-refractivity contribution in [3.8, 4) is 6.07 Å². The number of ether oxygens (including phenoxy) is 1. The zero-order valence-corrected chi connectivity index (χ0v) is 10.2. The lowest BCUT2D eigenvalue weighted by Gasteiger charge is -2.11. The van der Waals surface area contributed by atoms with Gasteiger partial charge in [0.05, 0.1) is 30.1 Å². The quantitative estimate of drug-likeness (QED) is 0.827. The molecule has 1 aliphatic rings. The Labute approximate surface area is 106 Å². The summed E-state index contributed by atoms with van der Waals surface area (Å²) in [5, 5.41) is 8.90. The first-order chi connectivity index (χ1) is 8.88. The van der Waals surface area contributed by atoms with Crippen LogP contribution in [0.4, 0.5) is 0 Å². The van der Waals surface area contributed by atoms with Crippen molar-refractivity contribution >= 4 is 11.0 Å². The monoisotopic (exact) mass is 241 g/mol. The Hall–Kier alpha value is -1.86. The molecule has 0 amide bonds. The van der Waals surface area contributed by atoms with Crippen LogP contribution in [0.15, 0.2) is 24.3 Å². The maximum absolute atomic E-state index is 8.90. The molecule has 18 heavy (non-hydrogen) atoms. The summed E-state index contributed by atoms with van der Waals surface area (Å²) >= 11 is 0. The van der Waals surface area contributed by atoms with Gasteiger partial charge in [0.1, 0.15) is 5.82 Å². The number of nitriles is 1. The number of hydrogen-bond acceptors (Lipinski definition) is 3. The van der Waals surface area contributed by atoms with Crippen molar-refractivity contribution < 1.29 is 4.74 Å². The van der Waals surface area contributed by atoms with Crippen LogP contribution in [-0.2, 0) is 17.7 Å². The van der Waals surface area contributed by atoms with Crippen LogP contribution in [0.25, 0.3) is 11.0 Å². The molecule has 4 heteroatoms. The number of aromatic nitrogens is 2. The maximum atomic E-state index is 8.90. The fourth-order valence-corrected chi connectivity index (χ4v) is 2.52. The molecule has 1 fully saturated rings. The van der Waals surface area contributed by atoms with Gasteiger partial charge < -0.3 is 9.30 Å². The second kappa shape index (κ2) is 4.79. The van der Waals surface area contributed by atoms with E-state index in [4.69, 9.17) is 10.00 Å². The van der Waals surface area contributed by atoms with Crippen LogP contribution in [0.1, 0.15) is 12.2 Å². The van der Waals surface area contributed by atoms with Crippen LogP contribution >= 0.6 is 0 Å². The van der Waals surface area contributed by atoms with Crippen molar-refractivity contribution in [2.45, 2.75) is 19.4 Å². The fraction of sp³-hybridized carbons (Fsp3) is 0.429. The zero-order chi connectivity index (χ0) is 12.4. The molecule has 0 N–H and O–H groups in total. The maximum Gasteiger partial charge on any atom is 0.124 e. The molecule has 1 atom stereocenters. The first kappa shape index (κ1) is 11.2. The number of hydrogen-bond donors (Lipinski definition) is 0. The summed E-state index contributed by atoms with van der Waals surface area (Å²) in [5.74, 6) is 1.41. The van der Waals surface area contributed by atoms with Crippen LogP contribution in [0.3, 0.4) is 0 Å². The van der Waals surface area contributed by atoms with Gasteiger partial charge in [-0.25, -0.2) is 4.98 Å². The topological polar surface area (TPSA) is 50.8 Å². The lowest BCUT2D eigenvalue weighted by molar-refractivity contribution is 0.182. The molecule has 1 aromatic carbocycles. The van der Waals surface area contributed by atoms with Crippen LogP contribution in [0, 0.1) is 17.2 Å². The second-order valence-corrected chi connectivity index (χ2v) is 4.69. The lowest BCUT2D eigenvalue weighted by Crippen LogP contribution is -2.13. The number of nitrogens with zero attached hydrogens (tertiary/aromatic N) is 3. The standard InChI is InChI=1S/C14H15N3O/c15-7-5-14-16-12-3-1-2-4-13(12)17(14)9-11-6-8-18-10-11/h1-4,11H,5-6,8-10H2. The van der Waals surface area contributed by atoms with Gasteiger partial charge in [-0.2, -0.15) is 5.26 Å². The molecule has 0 bridgehead atoms. The van der Waals surface area contributed by atoms with E-state index in [0.29, 0.717) is 12.3 Å². The Morgan fingerprint density at radius 2 is 2.33 bits per heavy atom. The van der Waals surface area contributed by atoms with Crippen molar-refractivity contribution in [2.24, 2.45) is 5.92 Å². The van der Waals surface area contributed by atoms with Crippen molar-refractivity contribution in [2.75, 3.05) is 13.2 Å². The molecular weight excluding hydrogens is 226 g/mol. The van der Waals surface area contributed by atoms with Gasteiger partial charge in [-0.3, -0.25) is 0 Å². The molecule has 92 valence electrons. The number of para-hydroxylation sites is 2. The van der Waals surface area contributed by atoms with Crippen LogP contribution in [0.2, 0.25) is 0 Å². The Morgan fingerprint density at radius 1 is 1.44 bits per heavy atom. The zero-order valence-electron chi connectivity index (χ0n) is 10.2. The van der Waals surface area contributed by atoms with E-state index in [0.717, 1.165) is 43.0 Å². The van der Waals surface area contributed by atoms with Gasteiger partial charge in [-0.15, -0.1) is 0 Å². The average molecular weight is 241 g/mol. The highest BCUT2D eigenvalue weighted by molar-refractivity contribution is 5.75. The van der Waals surface area contributed by atoms with E-state index in [1.54, 1.807) is 0 Å². The first-order valence-corrected chi connectivity index (χ1v) is 6.27. The molecule has 0 spiro atoms. The van der Waals surface area contributed by atoms with Gasteiger partial charge in [0.25, 0.3) is 0 Å². The molecule has 1 saturated heterocycles. The molecule has 1 unspecified atom stereocenters. The third-order valence-corrected chi connectivity index (χ3v) is 3.44. The summed E-state index contributed by atoms with van der Waals surface area (Å²) in [6, 6.07) is 10.3. The molecule has 0 aliphatic carbocycles. The van der Waals surface area contributed by atoms with Gasteiger partial charge in [0.2, 0.25) is 0 Å². The molecule has 4 nitrogen and oxygen atoms in total. The van der Waals surface area contributed by atoms with Crippen molar-refractivity contribution in [3.05, 3.63) is 30.1 Å². The summed E-state index contributed by atoms with van der Waals surface area (Å²) in [6.45, 7) is 2.57.